The van der Waals surface area contributed by atoms with Gasteiger partial charge in [-0.25, -0.2) is 0 Å². The zero-order chi connectivity index (χ0) is 12.1. The molecule has 1 aromatic rings. The lowest BCUT2D eigenvalue weighted by Crippen LogP contribution is -2.28. The number of H-pyrrole nitrogens is 1. The van der Waals surface area contributed by atoms with Gasteiger partial charge in [0.15, 0.2) is 5.84 Å². The van der Waals surface area contributed by atoms with Gasteiger partial charge in [0.25, 0.3) is 5.91 Å². The topological polar surface area (TPSA) is 126 Å². The lowest BCUT2D eigenvalue weighted by molar-refractivity contribution is -0.124. The monoisotopic (exact) mass is 227 g/mol. The molecule has 88 valence electrons. The van der Waals surface area contributed by atoms with Crippen molar-refractivity contribution in [1.82, 2.24) is 10.2 Å². The minimum Gasteiger partial charge on any atom is -0.409 e. The predicted octanol–water partition coefficient (Wildman–Crippen LogP) is -0.522. The van der Waals surface area contributed by atoms with E-state index in [0.717, 1.165) is 0 Å². The Kier molecular flexibility index (Phi) is 3.84. The maximum absolute atomic E-state index is 11.5. The van der Waals surface area contributed by atoms with Crippen molar-refractivity contribution in [2.24, 2.45) is 10.9 Å². The second-order valence-electron chi connectivity index (χ2n) is 3.01. The van der Waals surface area contributed by atoms with E-state index in [9.17, 15) is 4.79 Å². The molecule has 1 atom stereocenters. The second-order valence-corrected chi connectivity index (χ2v) is 3.01. The maximum atomic E-state index is 11.5. The molecule has 0 aromatic carbocycles. The number of anilines is 1. The van der Waals surface area contributed by atoms with Crippen molar-refractivity contribution in [2.45, 2.75) is 13.0 Å². The number of hydrogen-bond donors (Lipinski definition) is 4. The average molecular weight is 227 g/mol. The second kappa shape index (κ2) is 5.12. The van der Waals surface area contributed by atoms with E-state index < -0.39 is 6.10 Å². The Morgan fingerprint density at radius 1 is 1.81 bits per heavy atom. The van der Waals surface area contributed by atoms with Crippen LogP contribution in [0.15, 0.2) is 11.4 Å². The van der Waals surface area contributed by atoms with Gasteiger partial charge < -0.3 is 21.0 Å². The summed E-state index contributed by atoms with van der Waals surface area (Å²) in [5.41, 5.74) is 5.69. The first kappa shape index (κ1) is 12.0. The number of carbonyl (C=O) groups is 1. The summed E-state index contributed by atoms with van der Waals surface area (Å²) in [6.45, 7) is 1.59. The molecule has 16 heavy (non-hydrogen) atoms. The van der Waals surface area contributed by atoms with Gasteiger partial charge in [-0.15, -0.1) is 0 Å². The van der Waals surface area contributed by atoms with Crippen molar-refractivity contribution in [1.29, 1.82) is 0 Å². The van der Waals surface area contributed by atoms with E-state index in [1.54, 1.807) is 6.92 Å². The molecule has 0 spiro atoms. The van der Waals surface area contributed by atoms with E-state index >= 15 is 0 Å². The summed E-state index contributed by atoms with van der Waals surface area (Å²) < 4.78 is 4.83. The molecule has 1 heterocycles. The van der Waals surface area contributed by atoms with Crippen LogP contribution < -0.4 is 11.1 Å². The predicted molar refractivity (Wildman–Crippen MR) is 56.2 cm³/mol. The van der Waals surface area contributed by atoms with Crippen LogP contribution in [0.2, 0.25) is 0 Å². The molecule has 5 N–H and O–H groups in total. The Labute approximate surface area is 91.5 Å². The Morgan fingerprint density at radius 2 is 2.50 bits per heavy atom. The van der Waals surface area contributed by atoms with Gasteiger partial charge in [-0.05, 0) is 6.92 Å². The number of amidine groups is 1. The lowest BCUT2D eigenvalue weighted by atomic mass is 10.3. The Bertz CT molecular complexity index is 400. The molecule has 1 aromatic heterocycles. The van der Waals surface area contributed by atoms with Crippen molar-refractivity contribution in [3.63, 3.8) is 0 Å². The summed E-state index contributed by atoms with van der Waals surface area (Å²) in [7, 11) is 1.42. The summed E-state index contributed by atoms with van der Waals surface area (Å²) in [6.07, 6.45) is 0.728. The molecule has 1 unspecified atom stereocenters. The van der Waals surface area contributed by atoms with Crippen LogP contribution in [-0.2, 0) is 9.53 Å². The van der Waals surface area contributed by atoms with Gasteiger partial charge in [0, 0.05) is 7.11 Å². The fourth-order valence-electron chi connectivity index (χ4n) is 0.961. The highest BCUT2D eigenvalue weighted by molar-refractivity contribution is 6.04. The Balaban J connectivity index is 2.82. The molecule has 1 amide bonds. The van der Waals surface area contributed by atoms with E-state index in [1.807, 2.05) is 0 Å². The van der Waals surface area contributed by atoms with Crippen LogP contribution in [0.5, 0.6) is 0 Å². The van der Waals surface area contributed by atoms with Crippen LogP contribution in [0.25, 0.3) is 0 Å². The minimum atomic E-state index is -0.608. The highest BCUT2D eigenvalue weighted by atomic mass is 16.5. The smallest absolute Gasteiger partial charge is 0.254 e. The number of ether oxygens (including phenoxy) is 1. The van der Waals surface area contributed by atoms with Gasteiger partial charge >= 0.3 is 0 Å². The summed E-state index contributed by atoms with van der Waals surface area (Å²) in [4.78, 5) is 11.5. The van der Waals surface area contributed by atoms with E-state index in [-0.39, 0.29) is 17.6 Å². The van der Waals surface area contributed by atoms with E-state index in [1.165, 1.54) is 13.3 Å². The number of nitrogens with zero attached hydrogens (tertiary/aromatic N) is 2. The Hall–Kier alpha value is -2.09. The van der Waals surface area contributed by atoms with Crippen molar-refractivity contribution in [3.05, 3.63) is 11.8 Å². The average Bonchev–Trinajstić information content (AvgIpc) is 2.74. The third kappa shape index (κ3) is 2.48. The minimum absolute atomic E-state index is 0.144. The molecule has 0 radical (unpaired) electrons. The molecule has 1 rings (SSSR count). The third-order valence-corrected chi connectivity index (χ3v) is 1.99. The van der Waals surface area contributed by atoms with Gasteiger partial charge in [-0.1, -0.05) is 5.16 Å². The van der Waals surface area contributed by atoms with Crippen LogP contribution in [0.1, 0.15) is 12.5 Å². The molecular formula is C8H13N5O3. The standard InChI is InChI=1S/C8H13N5O3/c1-4(16-2)8(14)11-7-5(3-10-12-7)6(9)13-15/h3-4,15H,1-2H3,(H2,9,13)(H2,10,11,12,14). The van der Waals surface area contributed by atoms with Gasteiger partial charge in [-0.3, -0.25) is 9.89 Å². The number of aromatic nitrogens is 2. The molecule has 0 saturated carbocycles. The number of oxime groups is 1. The van der Waals surface area contributed by atoms with Crippen molar-refractivity contribution < 1.29 is 14.7 Å². The molecule has 0 aliphatic carbocycles. The molecule has 0 bridgehead atoms. The normalized spacial score (nSPS) is 13.5. The number of hydrogen-bond acceptors (Lipinski definition) is 5. The highest BCUT2D eigenvalue weighted by Gasteiger charge is 2.16. The molecule has 0 aliphatic rings. The lowest BCUT2D eigenvalue weighted by Gasteiger charge is -2.09. The van der Waals surface area contributed by atoms with Crippen LogP contribution in [0.4, 0.5) is 5.82 Å². The first-order valence-corrected chi connectivity index (χ1v) is 4.45. The number of methoxy groups -OCH3 is 1. The summed E-state index contributed by atoms with van der Waals surface area (Å²) in [5.74, 6) is -0.253. The van der Waals surface area contributed by atoms with Crippen LogP contribution >= 0.6 is 0 Å². The molecule has 0 fully saturated rings. The number of nitrogens with one attached hydrogen (secondary N) is 2. The molecule has 8 heteroatoms. The third-order valence-electron chi connectivity index (χ3n) is 1.99. The first-order valence-electron chi connectivity index (χ1n) is 4.45. The van der Waals surface area contributed by atoms with Crippen molar-refractivity contribution >= 4 is 17.6 Å². The van der Waals surface area contributed by atoms with Gasteiger partial charge in [0.2, 0.25) is 0 Å². The largest absolute Gasteiger partial charge is 0.409 e. The number of rotatable bonds is 4. The fraction of sp³-hybridized carbons (Fsp3) is 0.375. The van der Waals surface area contributed by atoms with Gasteiger partial charge in [-0.2, -0.15) is 5.10 Å². The molecule has 8 nitrogen and oxygen atoms in total. The summed E-state index contributed by atoms with van der Waals surface area (Å²) >= 11 is 0. The van der Waals surface area contributed by atoms with Crippen molar-refractivity contribution in [3.8, 4) is 0 Å². The fourth-order valence-corrected chi connectivity index (χ4v) is 0.961. The van der Waals surface area contributed by atoms with E-state index in [4.69, 9.17) is 15.7 Å². The maximum Gasteiger partial charge on any atom is 0.254 e. The summed E-state index contributed by atoms with van der Waals surface area (Å²) in [5, 5.41) is 20.0. The van der Waals surface area contributed by atoms with Crippen LogP contribution in [0, 0.1) is 0 Å². The zero-order valence-corrected chi connectivity index (χ0v) is 8.89. The van der Waals surface area contributed by atoms with Gasteiger partial charge in [0.05, 0.1) is 11.8 Å². The van der Waals surface area contributed by atoms with E-state index in [2.05, 4.69) is 20.7 Å². The molecule has 0 saturated heterocycles. The number of amides is 1. The van der Waals surface area contributed by atoms with Crippen molar-refractivity contribution in [2.75, 3.05) is 12.4 Å². The quantitative estimate of drug-likeness (QED) is 0.238. The highest BCUT2D eigenvalue weighted by Crippen LogP contribution is 2.10. The zero-order valence-electron chi connectivity index (χ0n) is 8.89. The number of nitrogens with two attached hydrogens (primary N) is 1. The molecule has 0 aliphatic heterocycles. The number of carbonyl (C=O) groups excluding carboxylic acids is 1. The Morgan fingerprint density at radius 3 is 3.06 bits per heavy atom. The number of aromatic amines is 1. The van der Waals surface area contributed by atoms with Gasteiger partial charge in [0.1, 0.15) is 11.9 Å². The first-order chi connectivity index (χ1) is 7.60. The van der Waals surface area contributed by atoms with Crippen LogP contribution in [-0.4, -0.2) is 40.4 Å². The summed E-state index contributed by atoms with van der Waals surface area (Å²) in [6, 6.07) is 0. The van der Waals surface area contributed by atoms with Crippen LogP contribution in [0.3, 0.4) is 0 Å². The SMILES string of the molecule is COC(C)C(=O)Nc1[nH]ncc1C(N)=NO. The van der Waals surface area contributed by atoms with E-state index in [0.29, 0.717) is 5.56 Å². The molecular weight excluding hydrogens is 214 g/mol.